The van der Waals surface area contributed by atoms with Crippen LogP contribution in [0, 0.1) is 5.92 Å². The summed E-state index contributed by atoms with van der Waals surface area (Å²) in [5.41, 5.74) is 1.40. The summed E-state index contributed by atoms with van der Waals surface area (Å²) in [6.07, 6.45) is 4.64. The Kier molecular flexibility index (Phi) is 7.64. The van der Waals surface area contributed by atoms with Crippen LogP contribution in [0.5, 0.6) is 0 Å². The highest BCUT2D eigenvalue weighted by molar-refractivity contribution is 6.99. The molecule has 0 heterocycles. The lowest BCUT2D eigenvalue weighted by Gasteiger charge is -2.43. The van der Waals surface area contributed by atoms with Gasteiger partial charge in [-0.2, -0.15) is 0 Å². The SMILES string of the molecule is CC(C)=CCC[C@H](C)CO[Si](c1ccccc1)(c1ccccc1)C(C)(C)C. The van der Waals surface area contributed by atoms with Gasteiger partial charge in [-0.3, -0.25) is 0 Å². The average molecular weight is 381 g/mol. The van der Waals surface area contributed by atoms with Gasteiger partial charge in [-0.15, -0.1) is 0 Å². The molecule has 2 rings (SSSR count). The Hall–Kier alpha value is -1.64. The first-order valence-electron chi connectivity index (χ1n) is 10.2. The van der Waals surface area contributed by atoms with Crippen LogP contribution >= 0.6 is 0 Å². The molecule has 0 amide bonds. The summed E-state index contributed by atoms with van der Waals surface area (Å²) >= 11 is 0. The Morgan fingerprint density at radius 1 is 0.926 bits per heavy atom. The number of benzene rings is 2. The maximum atomic E-state index is 7.00. The molecule has 2 heteroatoms. The normalized spacial score (nSPS) is 13.3. The van der Waals surface area contributed by atoms with Crippen LogP contribution in [0.15, 0.2) is 72.3 Å². The van der Waals surface area contributed by atoms with Gasteiger partial charge in [0.2, 0.25) is 0 Å². The van der Waals surface area contributed by atoms with Crippen LogP contribution in [0.1, 0.15) is 54.4 Å². The summed E-state index contributed by atoms with van der Waals surface area (Å²) in [6, 6.07) is 21.8. The second-order valence-electron chi connectivity index (χ2n) is 8.94. The second-order valence-corrected chi connectivity index (χ2v) is 13.2. The van der Waals surface area contributed by atoms with Crippen LogP contribution in [-0.4, -0.2) is 14.9 Å². The van der Waals surface area contributed by atoms with Crippen molar-refractivity contribution in [3.63, 3.8) is 0 Å². The number of allylic oxidation sites excluding steroid dienone is 2. The summed E-state index contributed by atoms with van der Waals surface area (Å²) in [4.78, 5) is 0. The summed E-state index contributed by atoms with van der Waals surface area (Å²) in [5, 5.41) is 2.77. The highest BCUT2D eigenvalue weighted by Gasteiger charge is 2.50. The van der Waals surface area contributed by atoms with Crippen molar-refractivity contribution in [1.29, 1.82) is 0 Å². The van der Waals surface area contributed by atoms with Crippen molar-refractivity contribution in [3.8, 4) is 0 Å². The van der Waals surface area contributed by atoms with Crippen molar-refractivity contribution in [3.05, 3.63) is 72.3 Å². The van der Waals surface area contributed by atoms with E-state index < -0.39 is 8.32 Å². The van der Waals surface area contributed by atoms with E-state index in [0.717, 1.165) is 13.0 Å². The zero-order chi connectivity index (χ0) is 19.9. The van der Waals surface area contributed by atoms with Gasteiger partial charge < -0.3 is 4.43 Å². The molecule has 2 aromatic carbocycles. The van der Waals surface area contributed by atoms with E-state index in [1.165, 1.54) is 22.4 Å². The summed E-state index contributed by atoms with van der Waals surface area (Å²) in [5.74, 6) is 0.544. The second kappa shape index (κ2) is 9.52. The van der Waals surface area contributed by atoms with Crippen LogP contribution in [0.25, 0.3) is 0 Å². The van der Waals surface area contributed by atoms with E-state index in [1.807, 2.05) is 0 Å². The first kappa shape index (κ1) is 21.7. The van der Waals surface area contributed by atoms with Gasteiger partial charge in [0.05, 0.1) is 0 Å². The van der Waals surface area contributed by atoms with E-state index in [9.17, 15) is 0 Å². The smallest absolute Gasteiger partial charge is 0.261 e. The minimum Gasteiger partial charge on any atom is -0.407 e. The number of hydrogen-bond donors (Lipinski definition) is 0. The van der Waals surface area contributed by atoms with Crippen LogP contribution in [0.3, 0.4) is 0 Å². The van der Waals surface area contributed by atoms with E-state index >= 15 is 0 Å². The van der Waals surface area contributed by atoms with Crippen molar-refractivity contribution in [2.24, 2.45) is 5.92 Å². The van der Waals surface area contributed by atoms with Crippen LogP contribution < -0.4 is 10.4 Å². The van der Waals surface area contributed by atoms with Crippen molar-refractivity contribution in [2.45, 2.75) is 59.4 Å². The van der Waals surface area contributed by atoms with E-state index in [1.54, 1.807) is 0 Å². The molecular weight excluding hydrogens is 344 g/mol. The monoisotopic (exact) mass is 380 g/mol. The summed E-state index contributed by atoms with van der Waals surface area (Å²) < 4.78 is 7.00. The molecule has 1 nitrogen and oxygen atoms in total. The van der Waals surface area contributed by atoms with Gasteiger partial charge >= 0.3 is 0 Å². The predicted molar refractivity (Wildman–Crippen MR) is 121 cm³/mol. The third-order valence-corrected chi connectivity index (χ3v) is 10.2. The zero-order valence-electron chi connectivity index (χ0n) is 18.0. The molecule has 0 aliphatic heterocycles. The molecule has 0 saturated carbocycles. The molecule has 2 aromatic rings. The fourth-order valence-electron chi connectivity index (χ4n) is 3.77. The topological polar surface area (TPSA) is 9.23 Å². The van der Waals surface area contributed by atoms with Crippen molar-refractivity contribution in [1.82, 2.24) is 0 Å². The first-order valence-corrected chi connectivity index (χ1v) is 12.1. The molecule has 0 spiro atoms. The van der Waals surface area contributed by atoms with Gasteiger partial charge in [-0.1, -0.05) is 100 Å². The van der Waals surface area contributed by atoms with Gasteiger partial charge in [0, 0.05) is 6.61 Å². The fraction of sp³-hybridized carbons (Fsp3) is 0.440. The van der Waals surface area contributed by atoms with Crippen LogP contribution in [0.2, 0.25) is 5.04 Å². The van der Waals surface area contributed by atoms with Crippen molar-refractivity contribution < 1.29 is 4.43 Å². The minimum atomic E-state index is -2.39. The van der Waals surface area contributed by atoms with E-state index in [2.05, 4.69) is 108 Å². The lowest BCUT2D eigenvalue weighted by atomic mass is 10.1. The number of hydrogen-bond acceptors (Lipinski definition) is 1. The average Bonchev–Trinajstić information content (AvgIpc) is 2.62. The Morgan fingerprint density at radius 2 is 1.41 bits per heavy atom. The van der Waals surface area contributed by atoms with Gasteiger partial charge in [0.15, 0.2) is 0 Å². The Bertz CT molecular complexity index is 669. The molecule has 0 bridgehead atoms. The lowest BCUT2D eigenvalue weighted by molar-refractivity contribution is 0.239. The van der Waals surface area contributed by atoms with E-state index in [0.29, 0.717) is 5.92 Å². The van der Waals surface area contributed by atoms with Gasteiger partial charge in [-0.25, -0.2) is 0 Å². The van der Waals surface area contributed by atoms with Gasteiger partial charge in [-0.05, 0) is 48.0 Å². The molecule has 0 aliphatic rings. The standard InChI is InChI=1S/C25H36OSi/c1-21(2)14-13-15-22(3)20-26-27(25(4,5)6,23-16-9-7-10-17-23)24-18-11-8-12-19-24/h7-12,14,16-19,22H,13,15,20H2,1-6H3/t22-/m0/s1. The quantitative estimate of drug-likeness (QED) is 0.406. The van der Waals surface area contributed by atoms with E-state index in [-0.39, 0.29) is 5.04 Å². The maximum absolute atomic E-state index is 7.00. The van der Waals surface area contributed by atoms with Crippen molar-refractivity contribution in [2.75, 3.05) is 6.61 Å². The Labute approximate surface area is 167 Å². The molecular formula is C25H36OSi. The molecule has 0 fully saturated rings. The highest BCUT2D eigenvalue weighted by Crippen LogP contribution is 2.37. The predicted octanol–water partition coefficient (Wildman–Crippen LogP) is 5.95. The molecule has 0 saturated heterocycles. The number of rotatable bonds is 8. The maximum Gasteiger partial charge on any atom is 0.261 e. The summed E-state index contributed by atoms with van der Waals surface area (Å²) in [7, 11) is -2.39. The zero-order valence-corrected chi connectivity index (χ0v) is 19.0. The molecule has 0 aromatic heterocycles. The fourth-order valence-corrected chi connectivity index (χ4v) is 8.46. The Morgan fingerprint density at radius 3 is 1.81 bits per heavy atom. The first-order chi connectivity index (χ1) is 12.8. The Balaban J connectivity index is 2.36. The minimum absolute atomic E-state index is 0.0509. The lowest BCUT2D eigenvalue weighted by Crippen LogP contribution is -2.66. The molecule has 1 atom stereocenters. The largest absolute Gasteiger partial charge is 0.407 e. The van der Waals surface area contributed by atoms with E-state index in [4.69, 9.17) is 4.43 Å². The van der Waals surface area contributed by atoms with Gasteiger partial charge in [0.1, 0.15) is 0 Å². The summed E-state index contributed by atoms with van der Waals surface area (Å²) in [6.45, 7) is 14.5. The molecule has 27 heavy (non-hydrogen) atoms. The van der Waals surface area contributed by atoms with Gasteiger partial charge in [0.25, 0.3) is 8.32 Å². The van der Waals surface area contributed by atoms with Crippen LogP contribution in [-0.2, 0) is 4.43 Å². The molecule has 0 radical (unpaired) electrons. The van der Waals surface area contributed by atoms with Crippen molar-refractivity contribution >= 4 is 18.7 Å². The molecule has 0 unspecified atom stereocenters. The molecule has 0 aliphatic carbocycles. The van der Waals surface area contributed by atoms with Crippen LogP contribution in [0.4, 0.5) is 0 Å². The third-order valence-electron chi connectivity index (χ3n) is 5.21. The highest BCUT2D eigenvalue weighted by atomic mass is 28.4. The third kappa shape index (κ3) is 5.43. The molecule has 146 valence electrons. The molecule has 0 N–H and O–H groups in total.